The first-order valence-corrected chi connectivity index (χ1v) is 7.84. The minimum Gasteiger partial charge on any atom is -0.497 e. The third kappa shape index (κ3) is 2.41. The van der Waals surface area contributed by atoms with Gasteiger partial charge in [-0.2, -0.15) is 0 Å². The van der Waals surface area contributed by atoms with Crippen molar-refractivity contribution in [3.63, 3.8) is 0 Å². The number of aromatic nitrogens is 2. The number of methoxy groups -OCH3 is 1. The Morgan fingerprint density at radius 3 is 3.10 bits per heavy atom. The molecule has 0 spiro atoms. The Kier molecular flexibility index (Phi) is 3.67. The van der Waals surface area contributed by atoms with Crippen LogP contribution in [0.15, 0.2) is 34.2 Å². The van der Waals surface area contributed by atoms with Gasteiger partial charge in [-0.3, -0.25) is 4.40 Å². The summed E-state index contributed by atoms with van der Waals surface area (Å²) in [5, 5.41) is 5.48. The fraction of sp³-hybridized carbons (Fsp3) is 0.214. The van der Waals surface area contributed by atoms with Gasteiger partial charge in [-0.15, -0.1) is 11.3 Å². The lowest BCUT2D eigenvalue weighted by Crippen LogP contribution is -2.04. The number of ether oxygens (including phenoxy) is 1. The zero-order valence-corrected chi connectivity index (χ0v) is 13.6. The lowest BCUT2D eigenvalue weighted by molar-refractivity contribution is 0.415. The summed E-state index contributed by atoms with van der Waals surface area (Å²) in [4.78, 5) is 5.58. The van der Waals surface area contributed by atoms with E-state index in [1.807, 2.05) is 30.5 Å². The lowest BCUT2D eigenvalue weighted by atomic mass is 10.3. The van der Waals surface area contributed by atoms with Crippen molar-refractivity contribution in [2.24, 2.45) is 0 Å². The number of benzene rings is 1. The minimum atomic E-state index is 0.718. The maximum atomic E-state index is 5.25. The second kappa shape index (κ2) is 5.46. The third-order valence-electron chi connectivity index (χ3n) is 3.18. The first-order valence-electron chi connectivity index (χ1n) is 6.17. The predicted molar refractivity (Wildman–Crippen MR) is 85.8 cm³/mol. The number of imidazole rings is 1. The zero-order valence-electron chi connectivity index (χ0n) is 11.2. The number of halogens is 1. The molecule has 20 heavy (non-hydrogen) atoms. The van der Waals surface area contributed by atoms with Crippen LogP contribution in [-0.2, 0) is 6.54 Å². The predicted octanol–water partition coefficient (Wildman–Crippen LogP) is 4.09. The van der Waals surface area contributed by atoms with E-state index in [0.717, 1.165) is 33.1 Å². The van der Waals surface area contributed by atoms with Crippen LogP contribution < -0.4 is 10.1 Å². The van der Waals surface area contributed by atoms with Crippen molar-refractivity contribution in [2.75, 3.05) is 12.4 Å². The molecule has 6 heteroatoms. The SMILES string of the molecule is COc1ccc(Br)c(NCc2c(C)nc3sccn23)c1. The third-order valence-corrected chi connectivity index (χ3v) is 4.63. The fourth-order valence-corrected chi connectivity index (χ4v) is 3.26. The number of hydrogen-bond donors (Lipinski definition) is 1. The number of fused-ring (bicyclic) bond motifs is 1. The Morgan fingerprint density at radius 1 is 1.45 bits per heavy atom. The van der Waals surface area contributed by atoms with Crippen LogP contribution in [-0.4, -0.2) is 16.5 Å². The Hall–Kier alpha value is -1.53. The first kappa shape index (κ1) is 13.5. The van der Waals surface area contributed by atoms with E-state index < -0.39 is 0 Å². The molecule has 0 aliphatic carbocycles. The van der Waals surface area contributed by atoms with E-state index >= 15 is 0 Å². The highest BCUT2D eigenvalue weighted by Gasteiger charge is 2.10. The molecule has 1 aromatic carbocycles. The van der Waals surface area contributed by atoms with Crippen LogP contribution in [0.3, 0.4) is 0 Å². The summed E-state index contributed by atoms with van der Waals surface area (Å²) < 4.78 is 8.39. The molecule has 1 N–H and O–H groups in total. The molecule has 0 bridgehead atoms. The van der Waals surface area contributed by atoms with Crippen molar-refractivity contribution in [1.82, 2.24) is 9.38 Å². The second-order valence-corrected chi connectivity index (χ2v) is 6.13. The van der Waals surface area contributed by atoms with Crippen molar-refractivity contribution < 1.29 is 4.74 Å². The van der Waals surface area contributed by atoms with Crippen molar-refractivity contribution >= 4 is 37.9 Å². The van der Waals surface area contributed by atoms with Gasteiger partial charge in [-0.1, -0.05) is 0 Å². The van der Waals surface area contributed by atoms with Gasteiger partial charge >= 0.3 is 0 Å². The number of nitrogens with one attached hydrogen (secondary N) is 1. The summed E-state index contributed by atoms with van der Waals surface area (Å²) in [5.74, 6) is 0.835. The molecule has 3 rings (SSSR count). The van der Waals surface area contributed by atoms with Crippen LogP contribution in [0.4, 0.5) is 5.69 Å². The van der Waals surface area contributed by atoms with Crippen LogP contribution in [0.2, 0.25) is 0 Å². The zero-order chi connectivity index (χ0) is 14.1. The van der Waals surface area contributed by atoms with Gasteiger partial charge in [-0.05, 0) is 35.0 Å². The summed E-state index contributed by atoms with van der Waals surface area (Å²) in [5.41, 5.74) is 3.24. The number of thiazole rings is 1. The highest BCUT2D eigenvalue weighted by atomic mass is 79.9. The number of nitrogens with zero attached hydrogens (tertiary/aromatic N) is 2. The monoisotopic (exact) mass is 351 g/mol. The Labute approximate surface area is 129 Å². The molecular formula is C14H14BrN3OS. The highest BCUT2D eigenvalue weighted by Crippen LogP contribution is 2.28. The quantitative estimate of drug-likeness (QED) is 0.769. The first-order chi connectivity index (χ1) is 9.69. The lowest BCUT2D eigenvalue weighted by Gasteiger charge is -2.10. The van der Waals surface area contributed by atoms with Gasteiger partial charge in [0.05, 0.1) is 30.7 Å². The van der Waals surface area contributed by atoms with Gasteiger partial charge in [0.1, 0.15) is 5.75 Å². The molecule has 0 radical (unpaired) electrons. The number of aryl methyl sites for hydroxylation is 1. The normalized spacial score (nSPS) is 10.9. The largest absolute Gasteiger partial charge is 0.497 e. The summed E-state index contributed by atoms with van der Waals surface area (Å²) in [6.45, 7) is 2.76. The van der Waals surface area contributed by atoms with Gasteiger partial charge in [0.2, 0.25) is 0 Å². The number of rotatable bonds is 4. The van der Waals surface area contributed by atoms with Crippen LogP contribution in [0, 0.1) is 6.92 Å². The summed E-state index contributed by atoms with van der Waals surface area (Å²) >= 11 is 5.19. The van der Waals surface area contributed by atoms with Gasteiger partial charge in [0, 0.05) is 22.1 Å². The van der Waals surface area contributed by atoms with E-state index in [4.69, 9.17) is 4.74 Å². The molecule has 0 aliphatic rings. The maximum absolute atomic E-state index is 5.25. The van der Waals surface area contributed by atoms with Crippen molar-refractivity contribution in [2.45, 2.75) is 13.5 Å². The maximum Gasteiger partial charge on any atom is 0.194 e. The van der Waals surface area contributed by atoms with E-state index in [9.17, 15) is 0 Å². The van der Waals surface area contributed by atoms with Crippen molar-refractivity contribution in [1.29, 1.82) is 0 Å². The van der Waals surface area contributed by atoms with Gasteiger partial charge in [0.25, 0.3) is 0 Å². The van der Waals surface area contributed by atoms with E-state index in [1.54, 1.807) is 18.4 Å². The molecule has 0 amide bonds. The van der Waals surface area contributed by atoms with Crippen LogP contribution in [0.5, 0.6) is 5.75 Å². The standard InChI is InChI=1S/C14H14BrN3OS/c1-9-13(18-5-6-20-14(18)17-9)8-16-12-7-10(19-2)3-4-11(12)15/h3-7,16H,8H2,1-2H3. The molecule has 0 unspecified atom stereocenters. The summed E-state index contributed by atoms with van der Waals surface area (Å²) in [6.07, 6.45) is 2.05. The molecule has 0 saturated carbocycles. The van der Waals surface area contributed by atoms with E-state index in [-0.39, 0.29) is 0 Å². The Morgan fingerprint density at radius 2 is 2.30 bits per heavy atom. The van der Waals surface area contributed by atoms with E-state index in [2.05, 4.69) is 36.8 Å². The molecule has 2 aromatic heterocycles. The Balaban J connectivity index is 1.86. The molecule has 3 aromatic rings. The summed E-state index contributed by atoms with van der Waals surface area (Å²) in [7, 11) is 1.67. The van der Waals surface area contributed by atoms with Gasteiger partial charge < -0.3 is 10.1 Å². The molecular weight excluding hydrogens is 338 g/mol. The molecule has 104 valence electrons. The second-order valence-electron chi connectivity index (χ2n) is 4.40. The van der Waals surface area contributed by atoms with Crippen molar-refractivity contribution in [3.8, 4) is 5.75 Å². The Bertz CT molecular complexity index is 750. The van der Waals surface area contributed by atoms with E-state index in [1.165, 1.54) is 5.69 Å². The minimum absolute atomic E-state index is 0.718. The fourth-order valence-electron chi connectivity index (χ4n) is 2.10. The molecule has 2 heterocycles. The van der Waals surface area contributed by atoms with Crippen LogP contribution >= 0.6 is 27.3 Å². The number of hydrogen-bond acceptors (Lipinski definition) is 4. The molecule has 0 saturated heterocycles. The van der Waals surface area contributed by atoms with Gasteiger partial charge in [0.15, 0.2) is 4.96 Å². The van der Waals surface area contributed by atoms with E-state index in [0.29, 0.717) is 0 Å². The molecule has 4 nitrogen and oxygen atoms in total. The topological polar surface area (TPSA) is 38.6 Å². The molecule has 0 fully saturated rings. The molecule has 0 atom stereocenters. The number of anilines is 1. The average Bonchev–Trinajstić information content (AvgIpc) is 2.99. The van der Waals surface area contributed by atoms with Crippen LogP contribution in [0.25, 0.3) is 4.96 Å². The van der Waals surface area contributed by atoms with Crippen molar-refractivity contribution in [3.05, 3.63) is 45.6 Å². The van der Waals surface area contributed by atoms with Gasteiger partial charge in [-0.25, -0.2) is 4.98 Å². The summed E-state index contributed by atoms with van der Waals surface area (Å²) in [6, 6.07) is 5.88. The smallest absolute Gasteiger partial charge is 0.194 e. The average molecular weight is 352 g/mol. The van der Waals surface area contributed by atoms with Crippen LogP contribution in [0.1, 0.15) is 11.4 Å². The highest BCUT2D eigenvalue weighted by molar-refractivity contribution is 9.10. The molecule has 0 aliphatic heterocycles.